The number of methoxy groups -OCH3 is 1. The number of rotatable bonds is 5. The maximum Gasteiger partial charge on any atom is 0.146 e. The predicted octanol–water partition coefficient (Wildman–Crippen LogP) is 1.80. The van der Waals surface area contributed by atoms with Crippen LogP contribution in [0, 0.1) is 5.41 Å². The number of carbonyl (C=O) groups is 1. The van der Waals surface area contributed by atoms with Crippen LogP contribution < -0.4 is 0 Å². The zero-order valence-electron chi connectivity index (χ0n) is 8.96. The van der Waals surface area contributed by atoms with Crippen LogP contribution in [0.1, 0.15) is 19.5 Å². The Labute approximate surface area is 84.5 Å². The maximum atomic E-state index is 11.8. The van der Waals surface area contributed by atoms with Gasteiger partial charge >= 0.3 is 0 Å². The van der Waals surface area contributed by atoms with E-state index in [1.54, 1.807) is 7.11 Å². The molecule has 78 valence electrons. The van der Waals surface area contributed by atoms with Crippen molar-refractivity contribution >= 4 is 5.78 Å². The molecule has 0 saturated carbocycles. The van der Waals surface area contributed by atoms with Crippen molar-refractivity contribution in [1.82, 2.24) is 4.98 Å². The first kappa shape index (κ1) is 11.0. The molecule has 0 fully saturated rings. The molecule has 3 nitrogen and oxygen atoms in total. The number of nitrogens with one attached hydrogen (secondary N) is 1. The third-order valence-corrected chi connectivity index (χ3v) is 2.27. The first-order valence-electron chi connectivity index (χ1n) is 4.71. The molecule has 0 aliphatic heterocycles. The van der Waals surface area contributed by atoms with Gasteiger partial charge in [0.1, 0.15) is 5.78 Å². The Bertz CT molecular complexity index is 288. The molecule has 0 bridgehead atoms. The number of ketones is 1. The van der Waals surface area contributed by atoms with Crippen molar-refractivity contribution < 1.29 is 9.53 Å². The lowest BCUT2D eigenvalue weighted by Gasteiger charge is -2.21. The van der Waals surface area contributed by atoms with Crippen LogP contribution in [0.2, 0.25) is 0 Å². The molecule has 1 rings (SSSR count). The van der Waals surface area contributed by atoms with E-state index in [2.05, 4.69) is 4.98 Å². The summed E-state index contributed by atoms with van der Waals surface area (Å²) < 4.78 is 5.02. The number of H-pyrrole nitrogens is 1. The van der Waals surface area contributed by atoms with Crippen LogP contribution in [0.15, 0.2) is 18.3 Å². The van der Waals surface area contributed by atoms with E-state index < -0.39 is 5.41 Å². The number of hydrogen-bond acceptors (Lipinski definition) is 2. The van der Waals surface area contributed by atoms with Gasteiger partial charge in [0.05, 0.1) is 6.61 Å². The molecule has 0 aromatic carbocycles. The molecule has 1 N–H and O–H groups in total. The fraction of sp³-hybridized carbons (Fsp3) is 0.545. The first-order chi connectivity index (χ1) is 6.56. The Morgan fingerprint density at radius 1 is 1.57 bits per heavy atom. The molecule has 0 aliphatic carbocycles. The molecule has 0 aliphatic rings. The summed E-state index contributed by atoms with van der Waals surface area (Å²) in [4.78, 5) is 14.8. The summed E-state index contributed by atoms with van der Waals surface area (Å²) in [6.07, 6.45) is 2.27. The molecule has 14 heavy (non-hydrogen) atoms. The molecule has 3 heteroatoms. The highest BCUT2D eigenvalue weighted by molar-refractivity contribution is 5.85. The van der Waals surface area contributed by atoms with E-state index in [-0.39, 0.29) is 5.78 Å². The zero-order chi connectivity index (χ0) is 10.6. The predicted molar refractivity (Wildman–Crippen MR) is 55.2 cm³/mol. The highest BCUT2D eigenvalue weighted by atomic mass is 16.5. The lowest BCUT2D eigenvalue weighted by molar-refractivity contribution is -0.129. The summed E-state index contributed by atoms with van der Waals surface area (Å²) >= 11 is 0. The molecule has 0 spiro atoms. The van der Waals surface area contributed by atoms with Crippen molar-refractivity contribution in [2.75, 3.05) is 13.7 Å². The van der Waals surface area contributed by atoms with Gasteiger partial charge in [-0.1, -0.05) is 13.8 Å². The summed E-state index contributed by atoms with van der Waals surface area (Å²) in [5, 5.41) is 0. The topological polar surface area (TPSA) is 42.1 Å². The zero-order valence-corrected chi connectivity index (χ0v) is 8.96. The molecule has 0 saturated heterocycles. The molecule has 1 aromatic rings. The normalized spacial score (nSPS) is 11.6. The smallest absolute Gasteiger partial charge is 0.146 e. The Kier molecular flexibility index (Phi) is 3.47. The fourth-order valence-electron chi connectivity index (χ4n) is 1.33. The van der Waals surface area contributed by atoms with Gasteiger partial charge < -0.3 is 9.72 Å². The third kappa shape index (κ3) is 2.70. The molecule has 0 atom stereocenters. The second-order valence-corrected chi connectivity index (χ2v) is 4.11. The average Bonchev–Trinajstić information content (AvgIpc) is 2.56. The minimum atomic E-state index is -0.403. The summed E-state index contributed by atoms with van der Waals surface area (Å²) in [5.41, 5.74) is 0.555. The van der Waals surface area contributed by atoms with Gasteiger partial charge in [0, 0.05) is 30.8 Å². The van der Waals surface area contributed by atoms with Crippen LogP contribution in [-0.4, -0.2) is 24.5 Å². The molecule has 1 aromatic heterocycles. The number of hydrogen-bond donors (Lipinski definition) is 1. The van der Waals surface area contributed by atoms with Crippen LogP contribution in [-0.2, 0) is 16.0 Å². The van der Waals surface area contributed by atoms with Crippen molar-refractivity contribution in [3.63, 3.8) is 0 Å². The van der Waals surface area contributed by atoms with E-state index in [1.165, 1.54) is 0 Å². The third-order valence-electron chi connectivity index (χ3n) is 2.27. The molecule has 0 radical (unpaired) electrons. The lowest BCUT2D eigenvalue weighted by Crippen LogP contribution is -2.30. The second-order valence-electron chi connectivity index (χ2n) is 4.11. The van der Waals surface area contributed by atoms with E-state index in [9.17, 15) is 4.79 Å². The minimum absolute atomic E-state index is 0.196. The maximum absolute atomic E-state index is 11.8. The molecule has 0 unspecified atom stereocenters. The van der Waals surface area contributed by atoms with Gasteiger partial charge in [0.2, 0.25) is 0 Å². The van der Waals surface area contributed by atoms with Gasteiger partial charge in [-0.2, -0.15) is 0 Å². The monoisotopic (exact) mass is 195 g/mol. The van der Waals surface area contributed by atoms with E-state index in [1.807, 2.05) is 32.2 Å². The summed E-state index contributed by atoms with van der Waals surface area (Å²) in [7, 11) is 1.61. The SMILES string of the molecule is COCC(C)(C)C(=O)Cc1ccc[nH]1. The average molecular weight is 195 g/mol. The van der Waals surface area contributed by atoms with E-state index in [0.717, 1.165) is 5.69 Å². The first-order valence-corrected chi connectivity index (χ1v) is 4.71. The number of aromatic amines is 1. The molecule has 1 heterocycles. The summed E-state index contributed by atoms with van der Waals surface area (Å²) in [6.45, 7) is 4.27. The Balaban J connectivity index is 2.57. The van der Waals surface area contributed by atoms with Gasteiger partial charge in [-0.15, -0.1) is 0 Å². The van der Waals surface area contributed by atoms with Crippen molar-refractivity contribution in [1.29, 1.82) is 0 Å². The highest BCUT2D eigenvalue weighted by Crippen LogP contribution is 2.18. The van der Waals surface area contributed by atoms with Crippen LogP contribution in [0.5, 0.6) is 0 Å². The van der Waals surface area contributed by atoms with Crippen LogP contribution >= 0.6 is 0 Å². The van der Waals surface area contributed by atoms with Crippen LogP contribution in [0.25, 0.3) is 0 Å². The number of Topliss-reactive ketones (excluding diaryl/α,β-unsaturated/α-hetero) is 1. The standard InChI is InChI=1S/C11H17NO2/c1-11(2,8-14-3)10(13)7-9-5-4-6-12-9/h4-6,12H,7-8H2,1-3H3. The van der Waals surface area contributed by atoms with Crippen LogP contribution in [0.4, 0.5) is 0 Å². The second kappa shape index (κ2) is 4.42. The highest BCUT2D eigenvalue weighted by Gasteiger charge is 2.27. The summed E-state index contributed by atoms with van der Waals surface area (Å²) in [5.74, 6) is 0.196. The molecule has 0 amide bonds. The fourth-order valence-corrected chi connectivity index (χ4v) is 1.33. The van der Waals surface area contributed by atoms with E-state index >= 15 is 0 Å². The molecular formula is C11H17NO2. The largest absolute Gasteiger partial charge is 0.384 e. The number of aromatic nitrogens is 1. The van der Waals surface area contributed by atoms with Crippen molar-refractivity contribution in [2.24, 2.45) is 5.41 Å². The lowest BCUT2D eigenvalue weighted by atomic mass is 9.87. The van der Waals surface area contributed by atoms with Gasteiger partial charge in [-0.05, 0) is 12.1 Å². The van der Waals surface area contributed by atoms with Crippen LogP contribution in [0.3, 0.4) is 0 Å². The minimum Gasteiger partial charge on any atom is -0.384 e. The summed E-state index contributed by atoms with van der Waals surface area (Å²) in [6, 6.07) is 3.81. The number of carbonyl (C=O) groups excluding carboxylic acids is 1. The van der Waals surface area contributed by atoms with Gasteiger partial charge in [0.15, 0.2) is 0 Å². The van der Waals surface area contributed by atoms with Gasteiger partial charge in [0.25, 0.3) is 0 Å². The van der Waals surface area contributed by atoms with Gasteiger partial charge in [-0.3, -0.25) is 4.79 Å². The van der Waals surface area contributed by atoms with Crippen molar-refractivity contribution in [2.45, 2.75) is 20.3 Å². The van der Waals surface area contributed by atoms with E-state index in [0.29, 0.717) is 13.0 Å². The molecular weight excluding hydrogens is 178 g/mol. The van der Waals surface area contributed by atoms with Crippen molar-refractivity contribution in [3.8, 4) is 0 Å². The Morgan fingerprint density at radius 3 is 2.79 bits per heavy atom. The number of ether oxygens (including phenoxy) is 1. The Morgan fingerprint density at radius 2 is 2.29 bits per heavy atom. The van der Waals surface area contributed by atoms with E-state index in [4.69, 9.17) is 4.74 Å². The van der Waals surface area contributed by atoms with Crippen molar-refractivity contribution in [3.05, 3.63) is 24.0 Å². The van der Waals surface area contributed by atoms with Gasteiger partial charge in [-0.25, -0.2) is 0 Å². The quantitative estimate of drug-likeness (QED) is 0.778. The Hall–Kier alpha value is -1.09.